The normalized spacial score (nSPS) is 12.2. The molecule has 4 aromatic carbocycles. The monoisotopic (exact) mass is 631 g/mol. The van der Waals surface area contributed by atoms with Crippen LogP contribution in [0.2, 0.25) is 0 Å². The van der Waals surface area contributed by atoms with Gasteiger partial charge in [-0.05, 0) is 61.4 Å². The van der Waals surface area contributed by atoms with Crippen LogP contribution in [0.1, 0.15) is 38.3 Å². The minimum Gasteiger partial charge on any atom is -0.496 e. The average molecular weight is 632 g/mol. The standard InChI is InChI=1S/C33H34N3O8P/c1-5-42-45(40,43-6-2)17-9-16-35-30-14-12-25(19-27(30)28-21-26(36(38)39)13-15-31(28)35)33(34-44-22(3)37)29-18-23-10-7-8-11-24(23)20-32(29)41-4/h7-8,10-15,18-21H,5-6,9,16-17H2,1-4H3/b34-33-. The van der Waals surface area contributed by atoms with Crippen LogP contribution in [0.3, 0.4) is 0 Å². The molecule has 1 heterocycles. The van der Waals surface area contributed by atoms with Gasteiger partial charge in [0.05, 0.1) is 31.4 Å². The molecular formula is C33H34N3O8P. The number of hydrogen-bond donors (Lipinski definition) is 0. The van der Waals surface area contributed by atoms with E-state index in [-0.39, 0.29) is 25.1 Å². The van der Waals surface area contributed by atoms with E-state index in [1.54, 1.807) is 33.1 Å². The molecule has 0 aliphatic carbocycles. The van der Waals surface area contributed by atoms with Gasteiger partial charge in [-0.2, -0.15) is 0 Å². The molecule has 5 rings (SSSR count). The van der Waals surface area contributed by atoms with Gasteiger partial charge in [0.2, 0.25) is 0 Å². The van der Waals surface area contributed by atoms with Crippen LogP contribution in [0.15, 0.2) is 78.0 Å². The van der Waals surface area contributed by atoms with E-state index in [4.69, 9.17) is 18.6 Å². The molecule has 5 aromatic rings. The van der Waals surface area contributed by atoms with Crippen molar-refractivity contribution in [3.63, 3.8) is 0 Å². The fraction of sp³-hybridized carbons (Fsp3) is 0.273. The Morgan fingerprint density at radius 2 is 1.58 bits per heavy atom. The number of nitro benzene ring substituents is 1. The van der Waals surface area contributed by atoms with Crippen molar-refractivity contribution in [1.82, 2.24) is 4.57 Å². The number of carbonyl (C=O) groups excluding carboxylic acids is 1. The Morgan fingerprint density at radius 3 is 2.20 bits per heavy atom. The summed E-state index contributed by atoms with van der Waals surface area (Å²) in [6.07, 6.45) is 0.713. The number of hydrogen-bond acceptors (Lipinski definition) is 9. The summed E-state index contributed by atoms with van der Waals surface area (Å²) in [5.41, 5.74) is 3.12. The van der Waals surface area contributed by atoms with Gasteiger partial charge in [0.15, 0.2) is 0 Å². The van der Waals surface area contributed by atoms with Crippen molar-refractivity contribution < 1.29 is 32.9 Å². The minimum atomic E-state index is -3.25. The van der Waals surface area contributed by atoms with Crippen LogP contribution in [-0.2, 0) is 29.8 Å². The fourth-order valence-electron chi connectivity index (χ4n) is 5.52. The van der Waals surface area contributed by atoms with Gasteiger partial charge < -0.3 is 23.2 Å². The van der Waals surface area contributed by atoms with Gasteiger partial charge in [0, 0.05) is 58.5 Å². The van der Waals surface area contributed by atoms with Crippen LogP contribution in [-0.4, -0.2) is 47.7 Å². The number of fused-ring (bicyclic) bond motifs is 4. The molecule has 0 spiro atoms. The zero-order valence-electron chi connectivity index (χ0n) is 25.5. The first-order valence-corrected chi connectivity index (χ1v) is 16.3. The van der Waals surface area contributed by atoms with E-state index >= 15 is 0 Å². The third-order valence-electron chi connectivity index (χ3n) is 7.39. The first-order chi connectivity index (χ1) is 21.7. The number of rotatable bonds is 13. The van der Waals surface area contributed by atoms with E-state index in [9.17, 15) is 19.5 Å². The van der Waals surface area contributed by atoms with Gasteiger partial charge in [-0.1, -0.05) is 35.5 Å². The highest BCUT2D eigenvalue weighted by molar-refractivity contribution is 7.53. The third-order valence-corrected chi connectivity index (χ3v) is 9.55. The molecule has 0 aliphatic rings. The lowest BCUT2D eigenvalue weighted by atomic mass is 9.97. The number of methoxy groups -OCH3 is 1. The van der Waals surface area contributed by atoms with E-state index in [0.29, 0.717) is 40.9 Å². The van der Waals surface area contributed by atoms with E-state index in [1.165, 1.54) is 13.0 Å². The van der Waals surface area contributed by atoms with Gasteiger partial charge in [0.1, 0.15) is 11.5 Å². The van der Waals surface area contributed by atoms with E-state index in [1.807, 2.05) is 59.2 Å². The van der Waals surface area contributed by atoms with Crippen molar-refractivity contribution in [2.45, 2.75) is 33.7 Å². The number of aryl methyl sites for hydroxylation is 1. The molecule has 12 heteroatoms. The minimum absolute atomic E-state index is 0.0471. The van der Waals surface area contributed by atoms with Crippen LogP contribution >= 0.6 is 7.60 Å². The number of nitrogens with zero attached hydrogens (tertiary/aromatic N) is 3. The van der Waals surface area contributed by atoms with Crippen LogP contribution in [0.25, 0.3) is 32.6 Å². The molecule has 0 radical (unpaired) electrons. The maximum atomic E-state index is 13.1. The Labute approximate surface area is 260 Å². The lowest BCUT2D eigenvalue weighted by Gasteiger charge is -2.17. The molecule has 1 aromatic heterocycles. The molecule has 0 saturated carbocycles. The topological polar surface area (TPSA) is 131 Å². The second kappa shape index (κ2) is 13.6. The molecular weight excluding hydrogens is 597 g/mol. The molecule has 11 nitrogen and oxygen atoms in total. The largest absolute Gasteiger partial charge is 0.496 e. The second-order valence-corrected chi connectivity index (χ2v) is 12.5. The molecule has 0 bridgehead atoms. The molecule has 0 saturated heterocycles. The summed E-state index contributed by atoms with van der Waals surface area (Å²) in [5.74, 6) is -0.0530. The van der Waals surface area contributed by atoms with Crippen molar-refractivity contribution in [3.05, 3.63) is 94.0 Å². The number of nitro groups is 1. The second-order valence-electron chi connectivity index (χ2n) is 10.3. The van der Waals surface area contributed by atoms with E-state index in [2.05, 4.69) is 5.16 Å². The Hall–Kier alpha value is -4.57. The first-order valence-electron chi connectivity index (χ1n) is 14.6. The Balaban J connectivity index is 1.66. The zero-order chi connectivity index (χ0) is 32.1. The van der Waals surface area contributed by atoms with Crippen molar-refractivity contribution >= 4 is 57.5 Å². The molecule has 0 fully saturated rings. The highest BCUT2D eigenvalue weighted by Gasteiger charge is 2.24. The molecule has 45 heavy (non-hydrogen) atoms. The van der Waals surface area contributed by atoms with Crippen LogP contribution < -0.4 is 4.74 Å². The van der Waals surface area contributed by atoms with E-state index < -0.39 is 18.5 Å². The highest BCUT2D eigenvalue weighted by atomic mass is 31.2. The number of benzene rings is 4. The number of carbonyl (C=O) groups is 1. The SMILES string of the molecule is CCOP(=O)(CCCn1c2ccc(/C(=N/OC(C)=O)c3cc4ccccc4cc3OC)cc2c2cc([N+](=O)[O-])ccc21)OCC. The van der Waals surface area contributed by atoms with Gasteiger partial charge in [-0.15, -0.1) is 0 Å². The van der Waals surface area contributed by atoms with Gasteiger partial charge in [0.25, 0.3) is 5.69 Å². The molecule has 0 unspecified atom stereocenters. The summed E-state index contributed by atoms with van der Waals surface area (Å²) in [6.45, 7) is 5.83. The quantitative estimate of drug-likeness (QED) is 0.0422. The van der Waals surface area contributed by atoms with Crippen molar-refractivity contribution in [2.75, 3.05) is 26.5 Å². The Kier molecular flexibility index (Phi) is 9.63. The molecule has 234 valence electrons. The molecule has 0 aliphatic heterocycles. The van der Waals surface area contributed by atoms with Gasteiger partial charge in [-0.3, -0.25) is 14.7 Å². The molecule has 0 N–H and O–H groups in total. The molecule has 0 atom stereocenters. The summed E-state index contributed by atoms with van der Waals surface area (Å²) < 4.78 is 31.8. The van der Waals surface area contributed by atoms with Crippen molar-refractivity contribution in [2.24, 2.45) is 5.16 Å². The summed E-state index contributed by atoms with van der Waals surface area (Å²) in [5, 5.41) is 19.3. The Morgan fingerprint density at radius 1 is 0.933 bits per heavy atom. The fourth-order valence-corrected chi connectivity index (χ4v) is 7.16. The first kappa shape index (κ1) is 31.8. The highest BCUT2D eigenvalue weighted by Crippen LogP contribution is 2.48. The number of oxime groups is 1. The zero-order valence-corrected chi connectivity index (χ0v) is 26.4. The Bertz CT molecular complexity index is 1970. The van der Waals surface area contributed by atoms with Gasteiger partial charge in [-0.25, -0.2) is 4.79 Å². The average Bonchev–Trinajstić information content (AvgIpc) is 3.33. The molecule has 0 amide bonds. The lowest BCUT2D eigenvalue weighted by Crippen LogP contribution is -2.08. The van der Waals surface area contributed by atoms with Gasteiger partial charge >= 0.3 is 13.6 Å². The number of non-ortho nitro benzene ring substituents is 1. The summed E-state index contributed by atoms with van der Waals surface area (Å²) in [7, 11) is -1.69. The number of aromatic nitrogens is 1. The number of ether oxygens (including phenoxy) is 1. The van der Waals surface area contributed by atoms with E-state index in [0.717, 1.165) is 27.2 Å². The summed E-state index contributed by atoms with van der Waals surface area (Å²) >= 11 is 0. The maximum Gasteiger partial charge on any atom is 0.332 e. The smallest absolute Gasteiger partial charge is 0.332 e. The van der Waals surface area contributed by atoms with Crippen LogP contribution in [0, 0.1) is 10.1 Å². The van der Waals surface area contributed by atoms with Crippen LogP contribution in [0.4, 0.5) is 5.69 Å². The lowest BCUT2D eigenvalue weighted by molar-refractivity contribution is -0.384. The summed E-state index contributed by atoms with van der Waals surface area (Å²) in [6, 6.07) is 22.0. The van der Waals surface area contributed by atoms with Crippen molar-refractivity contribution in [3.8, 4) is 5.75 Å². The summed E-state index contributed by atoms with van der Waals surface area (Å²) in [4.78, 5) is 28.3. The predicted octanol–water partition coefficient (Wildman–Crippen LogP) is 7.84. The van der Waals surface area contributed by atoms with Crippen molar-refractivity contribution in [1.29, 1.82) is 0 Å². The maximum absolute atomic E-state index is 13.1. The van der Waals surface area contributed by atoms with Crippen LogP contribution in [0.5, 0.6) is 5.75 Å². The third kappa shape index (κ3) is 6.76. The predicted molar refractivity (Wildman–Crippen MR) is 174 cm³/mol.